The molecule has 1 heterocycles. The molecule has 0 unspecified atom stereocenters. The van der Waals surface area contributed by atoms with Gasteiger partial charge in [-0.15, -0.1) is 0 Å². The van der Waals surface area contributed by atoms with Gasteiger partial charge in [-0.3, -0.25) is 0 Å². The van der Waals surface area contributed by atoms with Gasteiger partial charge in [0.05, 0.1) is 25.5 Å². The Balaban J connectivity index is 1.99. The molecule has 3 N–H and O–H groups in total. The maximum atomic E-state index is 8.68. The summed E-state index contributed by atoms with van der Waals surface area (Å²) >= 11 is 0. The van der Waals surface area contributed by atoms with Gasteiger partial charge in [0, 0.05) is 18.6 Å². The third kappa shape index (κ3) is 3.35. The number of nitrogens with two attached hydrogens (primary N) is 1. The minimum atomic E-state index is -0.326. The SMILES string of the molecule is Nc1cc(C2OCCCO2)ccc1OCCCO. The van der Waals surface area contributed by atoms with Gasteiger partial charge in [-0.2, -0.15) is 0 Å². The van der Waals surface area contributed by atoms with Crippen LogP contribution >= 0.6 is 0 Å². The Bertz CT molecular complexity index is 377. The summed E-state index contributed by atoms with van der Waals surface area (Å²) in [6, 6.07) is 5.51. The molecule has 0 amide bonds. The number of anilines is 1. The van der Waals surface area contributed by atoms with Gasteiger partial charge in [0.1, 0.15) is 5.75 Å². The van der Waals surface area contributed by atoms with E-state index in [9.17, 15) is 0 Å². The topological polar surface area (TPSA) is 73.9 Å². The molecule has 1 aromatic carbocycles. The minimum absolute atomic E-state index is 0.113. The number of nitrogen functional groups attached to an aromatic ring is 1. The van der Waals surface area contributed by atoms with E-state index in [1.807, 2.05) is 18.2 Å². The molecule has 1 aliphatic heterocycles. The van der Waals surface area contributed by atoms with Gasteiger partial charge in [-0.1, -0.05) is 6.07 Å². The van der Waals surface area contributed by atoms with Crippen LogP contribution in [0.3, 0.4) is 0 Å². The van der Waals surface area contributed by atoms with Gasteiger partial charge in [0.2, 0.25) is 0 Å². The highest BCUT2D eigenvalue weighted by atomic mass is 16.7. The van der Waals surface area contributed by atoms with Crippen LogP contribution in [-0.2, 0) is 9.47 Å². The Hall–Kier alpha value is -1.30. The highest BCUT2D eigenvalue weighted by molar-refractivity contribution is 5.54. The zero-order valence-electron chi connectivity index (χ0n) is 10.3. The average molecular weight is 253 g/mol. The summed E-state index contributed by atoms with van der Waals surface area (Å²) in [5, 5.41) is 8.68. The van der Waals surface area contributed by atoms with Gasteiger partial charge < -0.3 is 25.1 Å². The maximum Gasteiger partial charge on any atom is 0.183 e. The Morgan fingerprint density at radius 2 is 2.11 bits per heavy atom. The molecule has 0 radical (unpaired) electrons. The van der Waals surface area contributed by atoms with Gasteiger partial charge in [0.15, 0.2) is 6.29 Å². The molecule has 5 nitrogen and oxygen atoms in total. The van der Waals surface area contributed by atoms with Crippen molar-refractivity contribution in [1.29, 1.82) is 0 Å². The molecule has 18 heavy (non-hydrogen) atoms. The summed E-state index contributed by atoms with van der Waals surface area (Å²) in [7, 11) is 0. The molecule has 0 bridgehead atoms. The molecular formula is C13H19NO4. The second kappa shape index (κ2) is 6.58. The fourth-order valence-electron chi connectivity index (χ4n) is 1.77. The summed E-state index contributed by atoms with van der Waals surface area (Å²) in [6.07, 6.45) is 1.19. The third-order valence-electron chi connectivity index (χ3n) is 2.69. The number of aliphatic hydroxyl groups is 1. The zero-order valence-corrected chi connectivity index (χ0v) is 10.3. The molecule has 0 saturated carbocycles. The van der Waals surface area contributed by atoms with Crippen molar-refractivity contribution in [1.82, 2.24) is 0 Å². The molecule has 1 aromatic rings. The molecule has 100 valence electrons. The van der Waals surface area contributed by atoms with Crippen molar-refractivity contribution in [3.63, 3.8) is 0 Å². The van der Waals surface area contributed by atoms with Crippen LogP contribution in [0.15, 0.2) is 18.2 Å². The van der Waals surface area contributed by atoms with Gasteiger partial charge in [-0.05, 0) is 18.6 Å². The predicted octanol–water partition coefficient (Wildman–Crippen LogP) is 1.47. The first kappa shape index (κ1) is 13.1. The first-order valence-corrected chi connectivity index (χ1v) is 6.17. The lowest BCUT2D eigenvalue weighted by Gasteiger charge is -2.24. The van der Waals surface area contributed by atoms with E-state index in [-0.39, 0.29) is 12.9 Å². The van der Waals surface area contributed by atoms with E-state index in [0.29, 0.717) is 37.7 Å². The van der Waals surface area contributed by atoms with Crippen LogP contribution in [0, 0.1) is 0 Å². The van der Waals surface area contributed by atoms with E-state index in [1.54, 1.807) is 0 Å². The van der Waals surface area contributed by atoms with E-state index in [2.05, 4.69) is 0 Å². The second-order valence-corrected chi connectivity index (χ2v) is 4.15. The van der Waals surface area contributed by atoms with Crippen molar-refractivity contribution in [3.05, 3.63) is 23.8 Å². The monoisotopic (exact) mass is 253 g/mol. The zero-order chi connectivity index (χ0) is 12.8. The van der Waals surface area contributed by atoms with Crippen LogP contribution in [0.4, 0.5) is 5.69 Å². The molecule has 0 atom stereocenters. The Labute approximate surface area is 106 Å². The predicted molar refractivity (Wildman–Crippen MR) is 67.3 cm³/mol. The lowest BCUT2D eigenvalue weighted by atomic mass is 10.1. The highest BCUT2D eigenvalue weighted by Crippen LogP contribution is 2.29. The highest BCUT2D eigenvalue weighted by Gasteiger charge is 2.17. The van der Waals surface area contributed by atoms with Crippen molar-refractivity contribution in [2.24, 2.45) is 0 Å². The summed E-state index contributed by atoms with van der Waals surface area (Å²) in [5.41, 5.74) is 7.37. The molecule has 1 aliphatic rings. The van der Waals surface area contributed by atoms with Crippen molar-refractivity contribution in [2.45, 2.75) is 19.1 Å². The Morgan fingerprint density at radius 3 is 2.78 bits per heavy atom. The molecule has 1 fully saturated rings. The first-order valence-electron chi connectivity index (χ1n) is 6.17. The number of aliphatic hydroxyl groups excluding tert-OH is 1. The molecule has 0 aliphatic carbocycles. The molecule has 5 heteroatoms. The number of rotatable bonds is 5. The van der Waals surface area contributed by atoms with Crippen molar-refractivity contribution >= 4 is 5.69 Å². The van der Waals surface area contributed by atoms with E-state index >= 15 is 0 Å². The fraction of sp³-hybridized carbons (Fsp3) is 0.538. The maximum absolute atomic E-state index is 8.68. The Morgan fingerprint density at radius 1 is 1.33 bits per heavy atom. The standard InChI is InChI=1S/C13H19NO4/c14-11-9-10(13-17-7-2-8-18-13)3-4-12(11)16-6-1-5-15/h3-4,9,13,15H,1-2,5-8,14H2. The molecule has 0 aromatic heterocycles. The number of ether oxygens (including phenoxy) is 3. The van der Waals surface area contributed by atoms with Gasteiger partial charge in [-0.25, -0.2) is 0 Å². The summed E-state index contributed by atoms with van der Waals surface area (Å²) in [4.78, 5) is 0. The van der Waals surface area contributed by atoms with Crippen LogP contribution in [0.2, 0.25) is 0 Å². The van der Waals surface area contributed by atoms with Gasteiger partial charge >= 0.3 is 0 Å². The molecule has 0 spiro atoms. The van der Waals surface area contributed by atoms with Crippen LogP contribution < -0.4 is 10.5 Å². The van der Waals surface area contributed by atoms with Crippen molar-refractivity contribution < 1.29 is 19.3 Å². The summed E-state index contributed by atoms with van der Waals surface area (Å²) in [5.74, 6) is 0.628. The summed E-state index contributed by atoms with van der Waals surface area (Å²) < 4.78 is 16.5. The number of benzene rings is 1. The minimum Gasteiger partial charge on any atom is -0.491 e. The number of hydrogen-bond donors (Lipinski definition) is 2. The Kier molecular flexibility index (Phi) is 4.81. The van der Waals surface area contributed by atoms with E-state index in [1.165, 1.54) is 0 Å². The first-order chi connectivity index (χ1) is 8.81. The van der Waals surface area contributed by atoms with Crippen LogP contribution in [-0.4, -0.2) is 31.5 Å². The lowest BCUT2D eigenvalue weighted by molar-refractivity contribution is -0.183. The molecule has 2 rings (SSSR count). The largest absolute Gasteiger partial charge is 0.491 e. The van der Waals surface area contributed by atoms with Crippen LogP contribution in [0.1, 0.15) is 24.7 Å². The molecular weight excluding hydrogens is 234 g/mol. The normalized spacial score (nSPS) is 16.7. The van der Waals surface area contributed by atoms with Crippen LogP contribution in [0.5, 0.6) is 5.75 Å². The average Bonchev–Trinajstić information content (AvgIpc) is 2.42. The van der Waals surface area contributed by atoms with Crippen LogP contribution in [0.25, 0.3) is 0 Å². The second-order valence-electron chi connectivity index (χ2n) is 4.15. The summed E-state index contributed by atoms with van der Waals surface area (Å²) in [6.45, 7) is 1.98. The van der Waals surface area contributed by atoms with E-state index in [4.69, 9.17) is 25.1 Å². The quantitative estimate of drug-likeness (QED) is 0.614. The lowest BCUT2D eigenvalue weighted by Crippen LogP contribution is -2.17. The van der Waals surface area contributed by atoms with Crippen molar-refractivity contribution in [2.75, 3.05) is 32.2 Å². The fourth-order valence-corrected chi connectivity index (χ4v) is 1.77. The van der Waals surface area contributed by atoms with E-state index < -0.39 is 0 Å². The number of hydrogen-bond acceptors (Lipinski definition) is 5. The third-order valence-corrected chi connectivity index (χ3v) is 2.69. The molecule has 1 saturated heterocycles. The smallest absolute Gasteiger partial charge is 0.183 e. The van der Waals surface area contributed by atoms with Crippen molar-refractivity contribution in [3.8, 4) is 5.75 Å². The van der Waals surface area contributed by atoms with Gasteiger partial charge in [0.25, 0.3) is 0 Å². The van der Waals surface area contributed by atoms with E-state index in [0.717, 1.165) is 12.0 Å².